The quantitative estimate of drug-likeness (QED) is 0.771. The number of aromatic hydroxyl groups is 1. The third kappa shape index (κ3) is 3.32. The van der Waals surface area contributed by atoms with Gasteiger partial charge in [-0.3, -0.25) is 4.79 Å². The SMILES string of the molecule is O=C1N=C(N2CCCCC2)S/C1=C\c1ccc(O)c(Br)c1. The molecule has 0 aliphatic carbocycles. The van der Waals surface area contributed by atoms with Crippen LogP contribution in [0.2, 0.25) is 0 Å². The van der Waals surface area contributed by atoms with Gasteiger partial charge in [0.15, 0.2) is 5.17 Å². The lowest BCUT2D eigenvalue weighted by molar-refractivity contribution is -0.113. The van der Waals surface area contributed by atoms with Crippen LogP contribution in [0.1, 0.15) is 24.8 Å². The van der Waals surface area contributed by atoms with Crippen LogP contribution in [0.4, 0.5) is 0 Å². The molecule has 0 unspecified atom stereocenters. The minimum atomic E-state index is -0.176. The Kier molecular flexibility index (Phi) is 4.35. The zero-order valence-electron chi connectivity index (χ0n) is 11.4. The Labute approximate surface area is 136 Å². The molecule has 1 N–H and O–H groups in total. The van der Waals surface area contributed by atoms with Gasteiger partial charge in [-0.15, -0.1) is 0 Å². The first-order valence-corrected chi connectivity index (χ1v) is 8.50. The molecule has 1 aromatic rings. The van der Waals surface area contributed by atoms with Crippen LogP contribution in [0.25, 0.3) is 6.08 Å². The number of hydrogen-bond acceptors (Lipinski definition) is 4. The molecule has 0 bridgehead atoms. The van der Waals surface area contributed by atoms with E-state index in [0.29, 0.717) is 9.38 Å². The summed E-state index contributed by atoms with van der Waals surface area (Å²) in [5.74, 6) is 0.0116. The smallest absolute Gasteiger partial charge is 0.286 e. The molecule has 1 aromatic carbocycles. The van der Waals surface area contributed by atoms with Crippen LogP contribution in [-0.2, 0) is 4.79 Å². The lowest BCUT2D eigenvalue weighted by Crippen LogP contribution is -2.33. The van der Waals surface area contributed by atoms with Crippen LogP contribution in [0, 0.1) is 0 Å². The second-order valence-corrected chi connectivity index (χ2v) is 6.93. The maximum atomic E-state index is 12.0. The van der Waals surface area contributed by atoms with E-state index in [-0.39, 0.29) is 11.7 Å². The van der Waals surface area contributed by atoms with Crippen molar-refractivity contribution in [3.8, 4) is 5.75 Å². The molecule has 0 radical (unpaired) electrons. The van der Waals surface area contributed by atoms with Gasteiger partial charge >= 0.3 is 0 Å². The topological polar surface area (TPSA) is 52.9 Å². The van der Waals surface area contributed by atoms with E-state index in [4.69, 9.17) is 0 Å². The molecule has 21 heavy (non-hydrogen) atoms. The predicted molar refractivity (Wildman–Crippen MR) is 89.2 cm³/mol. The fourth-order valence-electron chi connectivity index (χ4n) is 2.38. The number of phenols is 1. The maximum Gasteiger partial charge on any atom is 0.286 e. The summed E-state index contributed by atoms with van der Waals surface area (Å²) in [5.41, 5.74) is 0.866. The Morgan fingerprint density at radius 1 is 1.29 bits per heavy atom. The zero-order chi connectivity index (χ0) is 14.8. The molecule has 110 valence electrons. The monoisotopic (exact) mass is 366 g/mol. The molecule has 2 aliphatic heterocycles. The summed E-state index contributed by atoms with van der Waals surface area (Å²) >= 11 is 4.72. The maximum absolute atomic E-state index is 12.0. The zero-order valence-corrected chi connectivity index (χ0v) is 13.8. The van der Waals surface area contributed by atoms with Gasteiger partial charge in [-0.2, -0.15) is 4.99 Å². The Morgan fingerprint density at radius 3 is 2.76 bits per heavy atom. The van der Waals surface area contributed by atoms with Gasteiger partial charge in [0.2, 0.25) is 0 Å². The summed E-state index contributed by atoms with van der Waals surface area (Å²) < 4.78 is 0.615. The predicted octanol–water partition coefficient (Wildman–Crippen LogP) is 3.61. The van der Waals surface area contributed by atoms with Crippen LogP contribution < -0.4 is 0 Å². The molecule has 2 aliphatic rings. The Morgan fingerprint density at radius 2 is 2.05 bits per heavy atom. The van der Waals surface area contributed by atoms with Crippen molar-refractivity contribution < 1.29 is 9.90 Å². The number of phenolic OH excluding ortho intramolecular Hbond substituents is 1. The van der Waals surface area contributed by atoms with Gasteiger partial charge < -0.3 is 10.0 Å². The minimum Gasteiger partial charge on any atom is -0.507 e. The summed E-state index contributed by atoms with van der Waals surface area (Å²) in [6.45, 7) is 1.97. The molecule has 0 aromatic heterocycles. The van der Waals surface area contributed by atoms with Crippen molar-refractivity contribution in [2.75, 3.05) is 13.1 Å². The van der Waals surface area contributed by atoms with Crippen LogP contribution in [0.5, 0.6) is 5.75 Å². The number of thioether (sulfide) groups is 1. The molecular weight excluding hydrogens is 352 g/mol. The number of aliphatic imine (C=N–C) groups is 1. The molecule has 4 nitrogen and oxygen atoms in total. The van der Waals surface area contributed by atoms with Crippen molar-refractivity contribution in [3.05, 3.63) is 33.1 Å². The average Bonchev–Trinajstić information content (AvgIpc) is 2.85. The fraction of sp³-hybridized carbons (Fsp3) is 0.333. The lowest BCUT2D eigenvalue weighted by atomic mass is 10.1. The Bertz CT molecular complexity index is 637. The Hall–Kier alpha value is -1.27. The van der Waals surface area contributed by atoms with Gasteiger partial charge in [-0.25, -0.2) is 0 Å². The number of amidine groups is 1. The number of rotatable bonds is 1. The van der Waals surface area contributed by atoms with Crippen molar-refractivity contribution in [2.45, 2.75) is 19.3 Å². The van der Waals surface area contributed by atoms with Crippen LogP contribution in [0.15, 0.2) is 32.6 Å². The number of carbonyl (C=O) groups excluding carboxylic acids is 1. The number of likely N-dealkylation sites (tertiary alicyclic amines) is 1. The summed E-state index contributed by atoms with van der Waals surface area (Å²) in [5, 5.41) is 10.3. The first-order chi connectivity index (χ1) is 10.1. The van der Waals surface area contributed by atoms with Gasteiger partial charge in [0.1, 0.15) is 5.75 Å². The van der Waals surface area contributed by atoms with E-state index in [1.54, 1.807) is 18.2 Å². The van der Waals surface area contributed by atoms with Crippen LogP contribution >= 0.6 is 27.7 Å². The number of carbonyl (C=O) groups is 1. The summed E-state index contributed by atoms with van der Waals surface area (Å²) in [6, 6.07) is 5.17. The normalized spacial score (nSPS) is 21.0. The van der Waals surface area contributed by atoms with E-state index in [1.807, 2.05) is 6.08 Å². The molecule has 0 spiro atoms. The minimum absolute atomic E-state index is 0.176. The van der Waals surface area contributed by atoms with E-state index in [0.717, 1.165) is 36.7 Å². The highest BCUT2D eigenvalue weighted by Crippen LogP contribution is 2.32. The first-order valence-electron chi connectivity index (χ1n) is 6.89. The highest BCUT2D eigenvalue weighted by molar-refractivity contribution is 9.10. The molecule has 1 fully saturated rings. The molecular formula is C15H15BrN2O2S. The van der Waals surface area contributed by atoms with Crippen molar-refractivity contribution in [1.29, 1.82) is 0 Å². The molecule has 1 saturated heterocycles. The van der Waals surface area contributed by atoms with Crippen molar-refractivity contribution in [3.63, 3.8) is 0 Å². The summed E-state index contributed by atoms with van der Waals surface area (Å²) in [4.78, 5) is 19.0. The molecule has 2 heterocycles. The van der Waals surface area contributed by atoms with Crippen molar-refractivity contribution in [1.82, 2.24) is 4.90 Å². The van der Waals surface area contributed by atoms with E-state index in [1.165, 1.54) is 18.2 Å². The van der Waals surface area contributed by atoms with Gasteiger partial charge in [0.05, 0.1) is 9.38 Å². The number of benzene rings is 1. The third-order valence-corrected chi connectivity index (χ3v) is 5.18. The molecule has 6 heteroatoms. The van der Waals surface area contributed by atoms with E-state index in [2.05, 4.69) is 25.8 Å². The van der Waals surface area contributed by atoms with Crippen LogP contribution in [-0.4, -0.2) is 34.2 Å². The van der Waals surface area contributed by atoms with Gasteiger partial charge in [-0.05, 0) is 70.7 Å². The molecule has 1 amide bonds. The number of nitrogens with zero attached hydrogens (tertiary/aromatic N) is 2. The van der Waals surface area contributed by atoms with Gasteiger partial charge in [0, 0.05) is 13.1 Å². The van der Waals surface area contributed by atoms with Crippen LogP contribution in [0.3, 0.4) is 0 Å². The van der Waals surface area contributed by atoms with E-state index < -0.39 is 0 Å². The van der Waals surface area contributed by atoms with Crippen molar-refractivity contribution >= 4 is 44.8 Å². The standard InChI is InChI=1S/C15H15BrN2O2S/c16-11-8-10(4-5-12(11)19)9-13-14(20)17-15(21-13)18-6-2-1-3-7-18/h4-5,8-9,19H,1-3,6-7H2/b13-9-. The fourth-order valence-corrected chi connectivity index (χ4v) is 3.74. The van der Waals surface area contributed by atoms with Gasteiger partial charge in [-0.1, -0.05) is 6.07 Å². The first kappa shape index (κ1) is 14.7. The highest BCUT2D eigenvalue weighted by atomic mass is 79.9. The summed E-state index contributed by atoms with van der Waals surface area (Å²) in [6.07, 6.45) is 5.40. The number of halogens is 1. The number of hydrogen-bond donors (Lipinski definition) is 1. The van der Waals surface area contributed by atoms with E-state index in [9.17, 15) is 9.90 Å². The Balaban J connectivity index is 1.77. The lowest BCUT2D eigenvalue weighted by Gasteiger charge is -2.27. The second-order valence-electron chi connectivity index (χ2n) is 5.07. The highest BCUT2D eigenvalue weighted by Gasteiger charge is 2.26. The number of piperidine rings is 1. The van der Waals surface area contributed by atoms with E-state index >= 15 is 0 Å². The summed E-state index contributed by atoms with van der Waals surface area (Å²) in [7, 11) is 0. The largest absolute Gasteiger partial charge is 0.507 e. The molecule has 3 rings (SSSR count). The third-order valence-electron chi connectivity index (χ3n) is 3.51. The van der Waals surface area contributed by atoms with Gasteiger partial charge in [0.25, 0.3) is 5.91 Å². The number of amides is 1. The second kappa shape index (κ2) is 6.23. The molecule has 0 saturated carbocycles. The molecule has 0 atom stereocenters. The average molecular weight is 367 g/mol. The van der Waals surface area contributed by atoms with Crippen molar-refractivity contribution in [2.24, 2.45) is 4.99 Å².